The third kappa shape index (κ3) is 3.88. The normalized spacial score (nSPS) is 18.9. The van der Waals surface area contributed by atoms with Gasteiger partial charge in [-0.3, -0.25) is 4.79 Å². The van der Waals surface area contributed by atoms with Gasteiger partial charge in [-0.05, 0) is 31.8 Å². The first-order chi connectivity index (χ1) is 7.63. The first-order valence-corrected chi connectivity index (χ1v) is 5.42. The van der Waals surface area contributed by atoms with Crippen LogP contribution in [0.4, 0.5) is 4.79 Å². The maximum absolute atomic E-state index is 11.2. The zero-order valence-electron chi connectivity index (χ0n) is 9.66. The number of ether oxygens (including phenoxy) is 1. The Labute approximate surface area is 95.4 Å². The van der Waals surface area contributed by atoms with E-state index >= 15 is 0 Å². The van der Waals surface area contributed by atoms with Gasteiger partial charge >= 0.3 is 6.09 Å². The van der Waals surface area contributed by atoms with Crippen molar-refractivity contribution in [2.24, 2.45) is 5.92 Å². The van der Waals surface area contributed by atoms with E-state index in [2.05, 4.69) is 5.32 Å². The predicted octanol–water partition coefficient (Wildman–Crippen LogP) is 1.82. The average molecular weight is 223 g/mol. The minimum atomic E-state index is -0.408. The molecule has 0 saturated carbocycles. The van der Waals surface area contributed by atoms with E-state index in [1.54, 1.807) is 13.8 Å². The highest BCUT2D eigenvalue weighted by Gasteiger charge is 2.15. The highest BCUT2D eigenvalue weighted by Crippen LogP contribution is 2.18. The van der Waals surface area contributed by atoms with Crippen molar-refractivity contribution < 1.29 is 14.3 Å². The molecule has 0 fully saturated rings. The molecule has 0 radical (unpaired) electrons. The molecule has 0 aromatic carbocycles. The maximum Gasteiger partial charge on any atom is 0.407 e. The van der Waals surface area contributed by atoms with E-state index < -0.39 is 6.09 Å². The van der Waals surface area contributed by atoms with Crippen molar-refractivity contribution in [3.63, 3.8) is 0 Å². The molecular formula is C12H17NO3. The van der Waals surface area contributed by atoms with Gasteiger partial charge in [0.05, 0.1) is 6.61 Å². The third-order valence-corrected chi connectivity index (χ3v) is 2.40. The van der Waals surface area contributed by atoms with Crippen molar-refractivity contribution >= 4 is 11.9 Å². The van der Waals surface area contributed by atoms with Gasteiger partial charge in [0.1, 0.15) is 0 Å². The summed E-state index contributed by atoms with van der Waals surface area (Å²) in [5, 5.41) is 2.66. The Morgan fingerprint density at radius 1 is 1.56 bits per heavy atom. The summed E-state index contributed by atoms with van der Waals surface area (Å²) in [4.78, 5) is 22.2. The van der Waals surface area contributed by atoms with Crippen LogP contribution in [-0.4, -0.2) is 25.0 Å². The van der Waals surface area contributed by atoms with Gasteiger partial charge in [0, 0.05) is 6.54 Å². The Kier molecular flexibility index (Phi) is 4.76. The molecule has 0 bridgehead atoms. The van der Waals surface area contributed by atoms with E-state index in [0.29, 0.717) is 19.6 Å². The number of amides is 1. The van der Waals surface area contributed by atoms with Crippen LogP contribution in [-0.2, 0) is 9.53 Å². The van der Waals surface area contributed by atoms with Gasteiger partial charge in [-0.2, -0.15) is 0 Å². The van der Waals surface area contributed by atoms with E-state index in [1.165, 1.54) is 0 Å². The molecule has 1 rings (SSSR count). The van der Waals surface area contributed by atoms with Crippen molar-refractivity contribution in [2.45, 2.75) is 20.3 Å². The van der Waals surface area contributed by atoms with Gasteiger partial charge in [-0.1, -0.05) is 18.2 Å². The van der Waals surface area contributed by atoms with Gasteiger partial charge < -0.3 is 10.1 Å². The summed E-state index contributed by atoms with van der Waals surface area (Å²) in [6, 6.07) is 0. The second kappa shape index (κ2) is 6.10. The molecule has 1 unspecified atom stereocenters. The molecule has 16 heavy (non-hydrogen) atoms. The van der Waals surface area contributed by atoms with Crippen molar-refractivity contribution in [1.82, 2.24) is 5.32 Å². The van der Waals surface area contributed by atoms with Crippen LogP contribution in [0.3, 0.4) is 0 Å². The fourth-order valence-corrected chi connectivity index (χ4v) is 1.55. The molecule has 1 aliphatic carbocycles. The van der Waals surface area contributed by atoms with E-state index in [1.807, 2.05) is 18.2 Å². The van der Waals surface area contributed by atoms with E-state index in [4.69, 9.17) is 4.74 Å². The van der Waals surface area contributed by atoms with Crippen molar-refractivity contribution in [1.29, 1.82) is 0 Å². The van der Waals surface area contributed by atoms with Crippen molar-refractivity contribution in [2.75, 3.05) is 13.2 Å². The first kappa shape index (κ1) is 12.5. The van der Waals surface area contributed by atoms with Gasteiger partial charge in [0.2, 0.25) is 0 Å². The number of Topliss-reactive ketones (excluding diaryl/α,β-unsaturated/α-hetero) is 1. The maximum atomic E-state index is 11.2. The van der Waals surface area contributed by atoms with Gasteiger partial charge in [0.25, 0.3) is 0 Å². The topological polar surface area (TPSA) is 55.4 Å². The summed E-state index contributed by atoms with van der Waals surface area (Å²) in [5.74, 6) is 0.263. The Hall–Kier alpha value is -1.58. The lowest BCUT2D eigenvalue weighted by Gasteiger charge is -2.17. The summed E-state index contributed by atoms with van der Waals surface area (Å²) < 4.78 is 4.75. The lowest BCUT2D eigenvalue weighted by Crippen LogP contribution is -2.30. The van der Waals surface area contributed by atoms with Gasteiger partial charge in [-0.25, -0.2) is 4.79 Å². The Balaban J connectivity index is 2.36. The van der Waals surface area contributed by atoms with Crippen LogP contribution >= 0.6 is 0 Å². The zero-order valence-corrected chi connectivity index (χ0v) is 9.66. The summed E-state index contributed by atoms with van der Waals surface area (Å²) in [5.41, 5.74) is 0.804. The van der Waals surface area contributed by atoms with E-state index in [0.717, 1.165) is 5.57 Å². The SMILES string of the molecule is CCOC(=O)NCC1C=CC=C(C(C)=O)C1. The Bertz CT molecular complexity index is 331. The molecule has 0 aliphatic heterocycles. The van der Waals surface area contributed by atoms with Crippen LogP contribution in [0.2, 0.25) is 0 Å². The number of carbonyl (C=O) groups is 2. The van der Waals surface area contributed by atoms with Crippen LogP contribution in [0.25, 0.3) is 0 Å². The molecule has 1 N–H and O–H groups in total. The smallest absolute Gasteiger partial charge is 0.407 e. The molecule has 0 aromatic rings. The van der Waals surface area contributed by atoms with Gasteiger partial charge in [0.15, 0.2) is 5.78 Å². The molecule has 1 aliphatic rings. The Morgan fingerprint density at radius 2 is 2.31 bits per heavy atom. The van der Waals surface area contributed by atoms with Crippen LogP contribution < -0.4 is 5.32 Å². The quantitative estimate of drug-likeness (QED) is 0.791. The number of carbonyl (C=O) groups excluding carboxylic acids is 2. The molecule has 0 saturated heterocycles. The summed E-state index contributed by atoms with van der Waals surface area (Å²) in [6.07, 6.45) is 5.94. The highest BCUT2D eigenvalue weighted by molar-refractivity contribution is 5.93. The second-order valence-electron chi connectivity index (χ2n) is 3.70. The number of allylic oxidation sites excluding steroid dienone is 3. The third-order valence-electron chi connectivity index (χ3n) is 2.40. The lowest BCUT2D eigenvalue weighted by atomic mass is 9.92. The van der Waals surface area contributed by atoms with E-state index in [9.17, 15) is 9.59 Å². The monoisotopic (exact) mass is 223 g/mol. The number of ketones is 1. The molecule has 0 heterocycles. The molecule has 4 nitrogen and oxygen atoms in total. The van der Waals surface area contributed by atoms with Crippen molar-refractivity contribution in [3.8, 4) is 0 Å². The standard InChI is InChI=1S/C12H17NO3/c1-3-16-12(15)13-8-10-5-4-6-11(7-10)9(2)14/h4-6,10H,3,7-8H2,1-2H3,(H,13,15). The minimum absolute atomic E-state index is 0.0884. The average Bonchev–Trinajstić information content (AvgIpc) is 2.27. The number of alkyl carbamates (subject to hydrolysis) is 1. The van der Waals surface area contributed by atoms with E-state index in [-0.39, 0.29) is 11.7 Å². The summed E-state index contributed by atoms with van der Waals surface area (Å²) in [7, 11) is 0. The molecular weight excluding hydrogens is 206 g/mol. The summed E-state index contributed by atoms with van der Waals surface area (Å²) in [6.45, 7) is 4.18. The molecule has 88 valence electrons. The first-order valence-electron chi connectivity index (χ1n) is 5.42. The summed E-state index contributed by atoms with van der Waals surface area (Å²) >= 11 is 0. The molecule has 0 spiro atoms. The number of rotatable bonds is 4. The highest BCUT2D eigenvalue weighted by atomic mass is 16.5. The van der Waals surface area contributed by atoms with Crippen LogP contribution in [0.1, 0.15) is 20.3 Å². The largest absolute Gasteiger partial charge is 0.450 e. The molecule has 4 heteroatoms. The fraction of sp³-hybridized carbons (Fsp3) is 0.500. The predicted molar refractivity (Wildman–Crippen MR) is 61.0 cm³/mol. The van der Waals surface area contributed by atoms with Crippen LogP contribution in [0.15, 0.2) is 23.8 Å². The second-order valence-corrected chi connectivity index (χ2v) is 3.70. The molecule has 1 atom stereocenters. The minimum Gasteiger partial charge on any atom is -0.450 e. The molecule has 0 aromatic heterocycles. The van der Waals surface area contributed by atoms with Crippen LogP contribution in [0, 0.1) is 5.92 Å². The Morgan fingerprint density at radius 3 is 2.94 bits per heavy atom. The number of nitrogens with one attached hydrogen (secondary N) is 1. The zero-order chi connectivity index (χ0) is 12.0. The number of hydrogen-bond acceptors (Lipinski definition) is 3. The van der Waals surface area contributed by atoms with Crippen LogP contribution in [0.5, 0.6) is 0 Å². The molecule has 1 amide bonds. The van der Waals surface area contributed by atoms with Crippen molar-refractivity contribution in [3.05, 3.63) is 23.8 Å². The van der Waals surface area contributed by atoms with Gasteiger partial charge in [-0.15, -0.1) is 0 Å². The number of hydrogen-bond donors (Lipinski definition) is 1. The lowest BCUT2D eigenvalue weighted by molar-refractivity contribution is -0.113. The fourth-order valence-electron chi connectivity index (χ4n) is 1.55.